The number of nitrogens with zero attached hydrogens (tertiary/aromatic N) is 3. The molecule has 0 radical (unpaired) electrons. The summed E-state index contributed by atoms with van der Waals surface area (Å²) in [6.45, 7) is 3.18. The molecule has 6 nitrogen and oxygen atoms in total. The van der Waals surface area contributed by atoms with Crippen LogP contribution in [0.15, 0.2) is 109 Å². The van der Waals surface area contributed by atoms with E-state index >= 15 is 0 Å². The van der Waals surface area contributed by atoms with Crippen molar-refractivity contribution in [2.75, 3.05) is 19.7 Å². The Morgan fingerprint density at radius 1 is 0.921 bits per heavy atom. The lowest BCUT2D eigenvalue weighted by Gasteiger charge is -2.47. The van der Waals surface area contributed by atoms with Gasteiger partial charge in [0.25, 0.3) is 0 Å². The molecule has 192 valence electrons. The molecule has 0 atom stereocenters. The van der Waals surface area contributed by atoms with Crippen molar-refractivity contribution in [3.63, 3.8) is 0 Å². The zero-order chi connectivity index (χ0) is 26.4. The number of piperidine rings is 1. The first-order valence-electron chi connectivity index (χ1n) is 12.9. The number of benzene rings is 3. The molecule has 1 aromatic heterocycles. The van der Waals surface area contributed by atoms with Crippen molar-refractivity contribution in [2.45, 2.75) is 25.4 Å². The maximum atomic E-state index is 13.2. The number of ether oxygens (including phenoxy) is 1. The van der Waals surface area contributed by atoms with Crippen LogP contribution >= 0.6 is 0 Å². The van der Waals surface area contributed by atoms with Crippen molar-refractivity contribution in [1.82, 2.24) is 14.5 Å². The molecule has 0 aliphatic carbocycles. The summed E-state index contributed by atoms with van der Waals surface area (Å²) in [5.74, 6) is 0.320. The molecular formula is C32H31N3O3. The van der Waals surface area contributed by atoms with Crippen molar-refractivity contribution in [2.24, 2.45) is 0 Å². The summed E-state index contributed by atoms with van der Waals surface area (Å²) in [4.78, 5) is 32.1. The van der Waals surface area contributed by atoms with Gasteiger partial charge in [-0.25, -0.2) is 4.98 Å². The summed E-state index contributed by atoms with van der Waals surface area (Å²) in [6, 6.07) is 31.4. The zero-order valence-electron chi connectivity index (χ0n) is 21.5. The molecule has 1 fully saturated rings. The first kappa shape index (κ1) is 25.4. The van der Waals surface area contributed by atoms with Crippen LogP contribution in [0.4, 0.5) is 0 Å². The van der Waals surface area contributed by atoms with Crippen LogP contribution in [0.5, 0.6) is 0 Å². The fourth-order valence-corrected chi connectivity index (χ4v) is 5.36. The van der Waals surface area contributed by atoms with E-state index in [-0.39, 0.29) is 18.3 Å². The van der Waals surface area contributed by atoms with Gasteiger partial charge in [-0.2, -0.15) is 0 Å². The quantitative estimate of drug-likeness (QED) is 0.189. The van der Waals surface area contributed by atoms with Crippen molar-refractivity contribution < 1.29 is 14.3 Å². The van der Waals surface area contributed by atoms with Crippen LogP contribution in [0, 0.1) is 0 Å². The molecule has 6 heteroatoms. The predicted octanol–water partition coefficient (Wildman–Crippen LogP) is 5.10. The van der Waals surface area contributed by atoms with E-state index in [1.54, 1.807) is 23.9 Å². The van der Waals surface area contributed by atoms with Crippen molar-refractivity contribution in [3.05, 3.63) is 131 Å². The molecule has 38 heavy (non-hydrogen) atoms. The maximum Gasteiger partial charge on any atom is 0.325 e. The zero-order valence-corrected chi connectivity index (χ0v) is 21.5. The topological polar surface area (TPSA) is 64.4 Å². The fraction of sp³-hybridized carbons (Fsp3) is 0.219. The number of likely N-dealkylation sites (tertiary alicyclic amines) is 1. The van der Waals surface area contributed by atoms with E-state index < -0.39 is 5.54 Å². The number of carbonyl (C=O) groups excluding carboxylic acids is 2. The van der Waals surface area contributed by atoms with Gasteiger partial charge in [0, 0.05) is 37.5 Å². The Hall–Kier alpha value is -4.29. The second kappa shape index (κ2) is 11.4. The second-order valence-corrected chi connectivity index (χ2v) is 9.29. The van der Waals surface area contributed by atoms with Gasteiger partial charge in [-0.05, 0) is 29.7 Å². The number of aromatic nitrogens is 2. The third kappa shape index (κ3) is 4.95. The van der Waals surface area contributed by atoms with Gasteiger partial charge in [0.05, 0.1) is 12.1 Å². The highest BCUT2D eigenvalue weighted by atomic mass is 16.5. The Bertz CT molecular complexity index is 1320. The average Bonchev–Trinajstić information content (AvgIpc) is 3.39. The van der Waals surface area contributed by atoms with E-state index in [0.29, 0.717) is 37.5 Å². The van der Waals surface area contributed by atoms with E-state index in [1.165, 1.54) is 0 Å². The average molecular weight is 506 g/mol. The molecule has 1 aliphatic heterocycles. The maximum absolute atomic E-state index is 13.2. The number of imidazole rings is 1. The molecule has 0 unspecified atom stereocenters. The van der Waals surface area contributed by atoms with E-state index in [9.17, 15) is 9.59 Å². The Balaban J connectivity index is 1.61. The number of hydrogen-bond acceptors (Lipinski definition) is 5. The highest BCUT2D eigenvalue weighted by Gasteiger charge is 2.44. The minimum Gasteiger partial charge on any atom is -0.465 e. The van der Waals surface area contributed by atoms with E-state index in [2.05, 4.69) is 82.7 Å². The van der Waals surface area contributed by atoms with Crippen LogP contribution < -0.4 is 0 Å². The molecule has 0 spiro atoms. The van der Waals surface area contributed by atoms with E-state index in [1.807, 2.05) is 24.3 Å². The number of rotatable bonds is 8. The summed E-state index contributed by atoms with van der Waals surface area (Å²) in [5.41, 5.74) is 3.46. The molecule has 0 N–H and O–H groups in total. The predicted molar refractivity (Wildman–Crippen MR) is 147 cm³/mol. The molecule has 1 aliphatic rings. The summed E-state index contributed by atoms with van der Waals surface area (Å²) in [7, 11) is 0. The lowest BCUT2D eigenvalue weighted by atomic mass is 9.74. The molecule has 0 amide bonds. The Kier molecular flexibility index (Phi) is 7.61. The third-order valence-electron chi connectivity index (χ3n) is 7.03. The summed E-state index contributed by atoms with van der Waals surface area (Å²) in [5, 5.41) is 0. The van der Waals surface area contributed by atoms with E-state index in [4.69, 9.17) is 4.74 Å². The third-order valence-corrected chi connectivity index (χ3v) is 7.03. The number of carbonyl (C=O) groups is 2. The van der Waals surface area contributed by atoms with Gasteiger partial charge in [-0.3, -0.25) is 14.5 Å². The normalized spacial score (nSPS) is 15.5. The minimum absolute atomic E-state index is 0.0485. The van der Waals surface area contributed by atoms with Crippen LogP contribution in [0.3, 0.4) is 0 Å². The molecule has 1 saturated heterocycles. The number of Topliss-reactive ketones (excluding diaryl/α,β-unsaturated/α-hetero) is 1. The lowest BCUT2D eigenvalue weighted by Crippen LogP contribution is -2.52. The van der Waals surface area contributed by atoms with Gasteiger partial charge in [0.15, 0.2) is 5.78 Å². The van der Waals surface area contributed by atoms with Crippen molar-refractivity contribution >= 4 is 17.8 Å². The standard InChI is InChI=1S/C32H31N3O3/c1-2-38-31(37)24-34-21-19-33-30(34)22-25-23-35(20-18-29(25)36)32(26-12-6-3-7-13-26,27-14-8-4-9-15-27)28-16-10-5-11-17-28/h3-17,19,21-22H,2,18,20,23-24H2,1H3. The molecular weight excluding hydrogens is 474 g/mol. The van der Waals surface area contributed by atoms with E-state index in [0.717, 1.165) is 16.7 Å². The molecule has 0 bridgehead atoms. The first-order chi connectivity index (χ1) is 18.6. The largest absolute Gasteiger partial charge is 0.465 e. The van der Waals surface area contributed by atoms with Gasteiger partial charge in [-0.1, -0.05) is 91.0 Å². The highest BCUT2D eigenvalue weighted by Crippen LogP contribution is 2.43. The molecule has 3 aromatic carbocycles. The highest BCUT2D eigenvalue weighted by molar-refractivity contribution is 6.00. The summed E-state index contributed by atoms with van der Waals surface area (Å²) in [6.07, 6.45) is 5.58. The van der Waals surface area contributed by atoms with Gasteiger partial charge in [0.2, 0.25) is 0 Å². The molecule has 5 rings (SSSR count). The molecule has 0 saturated carbocycles. The van der Waals surface area contributed by atoms with Crippen LogP contribution in [0.2, 0.25) is 0 Å². The number of esters is 1. The van der Waals surface area contributed by atoms with Crippen LogP contribution in [-0.4, -0.2) is 45.9 Å². The van der Waals surface area contributed by atoms with Crippen LogP contribution in [0.25, 0.3) is 6.08 Å². The summed E-state index contributed by atoms with van der Waals surface area (Å²) < 4.78 is 6.82. The Labute approximate surface area is 223 Å². The fourth-order valence-electron chi connectivity index (χ4n) is 5.36. The van der Waals surface area contributed by atoms with Gasteiger partial charge in [0.1, 0.15) is 12.4 Å². The Morgan fingerprint density at radius 2 is 1.47 bits per heavy atom. The first-order valence-corrected chi connectivity index (χ1v) is 12.9. The van der Waals surface area contributed by atoms with Crippen LogP contribution in [-0.2, 0) is 26.4 Å². The van der Waals surface area contributed by atoms with Crippen molar-refractivity contribution in [1.29, 1.82) is 0 Å². The SMILES string of the molecule is CCOC(=O)Cn1ccnc1C=C1CN(C(c2ccccc2)(c2ccccc2)c2ccccc2)CCC1=O. The second-order valence-electron chi connectivity index (χ2n) is 9.29. The van der Waals surface area contributed by atoms with Gasteiger partial charge in [-0.15, -0.1) is 0 Å². The van der Waals surface area contributed by atoms with Crippen LogP contribution in [0.1, 0.15) is 35.9 Å². The number of ketones is 1. The number of hydrogen-bond donors (Lipinski definition) is 0. The van der Waals surface area contributed by atoms with Gasteiger partial charge >= 0.3 is 5.97 Å². The monoisotopic (exact) mass is 505 g/mol. The smallest absolute Gasteiger partial charge is 0.325 e. The van der Waals surface area contributed by atoms with Crippen molar-refractivity contribution in [3.8, 4) is 0 Å². The van der Waals surface area contributed by atoms with Gasteiger partial charge < -0.3 is 9.30 Å². The molecule has 4 aromatic rings. The lowest BCUT2D eigenvalue weighted by molar-refractivity contribution is -0.143. The Morgan fingerprint density at radius 3 is 2.00 bits per heavy atom. The molecule has 2 heterocycles. The minimum atomic E-state index is -0.607. The summed E-state index contributed by atoms with van der Waals surface area (Å²) >= 11 is 0.